The van der Waals surface area contributed by atoms with Crippen LogP contribution in [-0.4, -0.2) is 83.8 Å². The Bertz CT molecular complexity index is 1990. The van der Waals surface area contributed by atoms with Crippen molar-refractivity contribution in [2.24, 2.45) is 11.8 Å². The third-order valence-electron chi connectivity index (χ3n) is 10.2. The Balaban J connectivity index is 1.24. The molecule has 2 aliphatic heterocycles. The first-order valence-corrected chi connectivity index (χ1v) is 18.4. The van der Waals surface area contributed by atoms with Crippen LogP contribution in [0.1, 0.15) is 66.9 Å². The number of methoxy groups -OCH3 is 1. The molecule has 4 aromatic rings. The van der Waals surface area contributed by atoms with Gasteiger partial charge in [-0.15, -0.1) is 0 Å². The molecule has 4 aromatic heterocycles. The van der Waals surface area contributed by atoms with Gasteiger partial charge in [0.05, 0.1) is 24.8 Å². The van der Waals surface area contributed by atoms with E-state index >= 15 is 0 Å². The number of pyridine rings is 2. The van der Waals surface area contributed by atoms with Crippen molar-refractivity contribution in [3.63, 3.8) is 0 Å². The Morgan fingerprint density at radius 3 is 2.62 bits per heavy atom. The molecular weight excluding hydrogens is 628 g/mol. The first-order chi connectivity index (χ1) is 22.6. The van der Waals surface area contributed by atoms with E-state index in [1.165, 1.54) is 18.9 Å². The number of piperidine rings is 2. The molecule has 0 spiro atoms. The van der Waals surface area contributed by atoms with Crippen molar-refractivity contribution in [2.45, 2.75) is 70.0 Å². The number of fused-ring (bicyclic) bond motifs is 3. The molecule has 4 aliphatic rings. The molecule has 0 bridgehead atoms. The maximum absolute atomic E-state index is 13.9. The van der Waals surface area contributed by atoms with E-state index < -0.39 is 16.6 Å². The van der Waals surface area contributed by atoms with Crippen molar-refractivity contribution in [3.8, 4) is 17.3 Å². The van der Waals surface area contributed by atoms with Gasteiger partial charge in [0.1, 0.15) is 22.8 Å². The summed E-state index contributed by atoms with van der Waals surface area (Å²) in [5.74, 6) is 1.41. The zero-order valence-electron chi connectivity index (χ0n) is 26.5. The second kappa shape index (κ2) is 11.4. The van der Waals surface area contributed by atoms with E-state index in [4.69, 9.17) is 9.72 Å². The minimum Gasteiger partial charge on any atom is -0.482 e. The molecular formula is C33H39F2N7O4S. The van der Waals surface area contributed by atoms with Crippen LogP contribution in [0.3, 0.4) is 0 Å². The van der Waals surface area contributed by atoms with E-state index in [9.17, 15) is 22.0 Å². The fourth-order valence-corrected chi connectivity index (χ4v) is 8.27. The lowest BCUT2D eigenvalue weighted by Crippen LogP contribution is -2.54. The smallest absolute Gasteiger partial charge is 0.329 e. The molecule has 1 N–H and O–H groups in total. The largest absolute Gasteiger partial charge is 0.482 e. The Kier molecular flexibility index (Phi) is 7.43. The van der Waals surface area contributed by atoms with Gasteiger partial charge in [0.25, 0.3) is 5.91 Å². The van der Waals surface area contributed by atoms with Gasteiger partial charge >= 0.3 is 6.55 Å². The standard InChI is InChI=1S/C33H39F2N7O4S/c1-46-28-16-23(32(43)39-13-11-20-4-3-12-36-24(20)18-39)15-27-37-29(30(41(27)28)21-7-8-21)25-14-22-9-10-26(42(33(34)35)47(2,44)45)38-31(22)40(25)17-19-5-6-19/h9-10,14-16,19-21,24,33,36H,3-8,11-13,17-18H2,1-2H3/t20-,24+/m1/s1. The summed E-state index contributed by atoms with van der Waals surface area (Å²) in [6.07, 6.45) is 8.17. The number of sulfonamides is 1. The number of carbonyl (C=O) groups is 1. The topological polar surface area (TPSA) is 114 Å². The minimum atomic E-state index is -4.27. The van der Waals surface area contributed by atoms with Crippen LogP contribution in [0.4, 0.5) is 14.6 Å². The van der Waals surface area contributed by atoms with E-state index in [0.29, 0.717) is 59.1 Å². The van der Waals surface area contributed by atoms with Crippen LogP contribution < -0.4 is 14.4 Å². The van der Waals surface area contributed by atoms with Crippen molar-refractivity contribution >= 4 is 38.4 Å². The number of carbonyl (C=O) groups excluding carboxylic acids is 1. The number of nitrogens with zero attached hydrogens (tertiary/aromatic N) is 6. The highest BCUT2D eigenvalue weighted by Crippen LogP contribution is 2.47. The fraction of sp³-hybridized carbons (Fsp3) is 0.545. The minimum absolute atomic E-state index is 0.0387. The molecule has 2 saturated carbocycles. The monoisotopic (exact) mass is 667 g/mol. The predicted molar refractivity (Wildman–Crippen MR) is 174 cm³/mol. The summed E-state index contributed by atoms with van der Waals surface area (Å²) in [5, 5.41) is 4.30. The number of halogens is 2. The van der Waals surface area contributed by atoms with E-state index in [0.717, 1.165) is 68.5 Å². The van der Waals surface area contributed by atoms with Gasteiger partial charge in [-0.1, -0.05) is 0 Å². The first kappa shape index (κ1) is 30.5. The second-order valence-electron chi connectivity index (χ2n) is 13.6. The molecule has 14 heteroatoms. The van der Waals surface area contributed by atoms with E-state index in [-0.39, 0.29) is 21.9 Å². The number of ether oxygens (including phenoxy) is 1. The molecule has 2 atom stereocenters. The number of aromatic nitrogens is 4. The van der Waals surface area contributed by atoms with Crippen molar-refractivity contribution in [1.82, 2.24) is 29.2 Å². The SMILES string of the molecule is COc1cc(C(=O)N2CC[C@H]3CCCN[C@H]3C2)cc2nc(-c3cc4ccc(N(C(F)F)S(C)(=O)=O)nc4n3CC3CC3)c(C3CC3)n12. The number of anilines is 1. The summed E-state index contributed by atoms with van der Waals surface area (Å²) in [6, 6.07) is 8.88. The number of nitrogens with one attached hydrogen (secondary N) is 1. The number of amides is 1. The van der Waals surface area contributed by atoms with Gasteiger partial charge in [-0.3, -0.25) is 9.20 Å². The van der Waals surface area contributed by atoms with Crippen LogP contribution in [0.5, 0.6) is 5.88 Å². The number of hydrogen-bond acceptors (Lipinski definition) is 7. The quantitative estimate of drug-likeness (QED) is 0.254. The second-order valence-corrected chi connectivity index (χ2v) is 15.5. The van der Waals surface area contributed by atoms with Gasteiger partial charge in [0.15, 0.2) is 5.88 Å². The van der Waals surface area contributed by atoms with E-state index in [1.54, 1.807) is 13.2 Å². The summed E-state index contributed by atoms with van der Waals surface area (Å²) in [4.78, 5) is 25.5. The molecule has 0 radical (unpaired) electrons. The van der Waals surface area contributed by atoms with Crippen LogP contribution in [0.2, 0.25) is 0 Å². The maximum Gasteiger partial charge on any atom is 0.329 e. The Morgan fingerprint density at radius 1 is 1.11 bits per heavy atom. The maximum atomic E-state index is 13.9. The van der Waals surface area contributed by atoms with Gasteiger partial charge < -0.3 is 19.5 Å². The number of imidazole rings is 1. The summed E-state index contributed by atoms with van der Waals surface area (Å²) in [7, 11) is -2.67. The van der Waals surface area contributed by atoms with Crippen molar-refractivity contribution in [1.29, 1.82) is 0 Å². The molecule has 4 fully saturated rings. The Morgan fingerprint density at radius 2 is 1.91 bits per heavy atom. The van der Waals surface area contributed by atoms with Crippen LogP contribution in [0, 0.1) is 11.8 Å². The zero-order valence-corrected chi connectivity index (χ0v) is 27.3. The highest BCUT2D eigenvalue weighted by Gasteiger charge is 2.37. The molecule has 0 unspecified atom stereocenters. The number of hydrogen-bond donors (Lipinski definition) is 1. The third kappa shape index (κ3) is 5.52. The summed E-state index contributed by atoms with van der Waals surface area (Å²) in [5.41, 5.74) is 4.06. The Labute approximate surface area is 271 Å². The fourth-order valence-electron chi connectivity index (χ4n) is 7.54. The molecule has 0 aromatic carbocycles. The van der Waals surface area contributed by atoms with Crippen LogP contribution in [0.25, 0.3) is 28.1 Å². The average Bonchev–Trinajstić information content (AvgIpc) is 3.98. The molecule has 6 heterocycles. The zero-order chi connectivity index (χ0) is 32.6. The molecule has 47 heavy (non-hydrogen) atoms. The molecule has 2 saturated heterocycles. The lowest BCUT2D eigenvalue weighted by atomic mass is 9.85. The van der Waals surface area contributed by atoms with Crippen molar-refractivity contribution in [3.05, 3.63) is 41.6 Å². The van der Waals surface area contributed by atoms with Crippen molar-refractivity contribution in [2.75, 3.05) is 37.3 Å². The average molecular weight is 668 g/mol. The first-order valence-electron chi connectivity index (χ1n) is 16.5. The normalized spacial score (nSPS) is 21.9. The van der Waals surface area contributed by atoms with Gasteiger partial charge in [-0.25, -0.2) is 18.4 Å². The highest BCUT2D eigenvalue weighted by atomic mass is 32.2. The number of likely N-dealkylation sites (tertiary alicyclic amines) is 1. The molecule has 8 rings (SSSR count). The van der Waals surface area contributed by atoms with Crippen LogP contribution >= 0.6 is 0 Å². The molecule has 11 nitrogen and oxygen atoms in total. The Hall–Kier alpha value is -3.78. The van der Waals surface area contributed by atoms with Gasteiger partial charge in [-0.2, -0.15) is 13.1 Å². The predicted octanol–water partition coefficient (Wildman–Crippen LogP) is 4.85. The van der Waals surface area contributed by atoms with Gasteiger partial charge in [-0.05, 0) is 87.6 Å². The molecule has 2 aliphatic carbocycles. The summed E-state index contributed by atoms with van der Waals surface area (Å²) >= 11 is 0. The lowest BCUT2D eigenvalue weighted by Gasteiger charge is -2.41. The summed E-state index contributed by atoms with van der Waals surface area (Å²) in [6.45, 7) is -0.271. The molecule has 250 valence electrons. The van der Waals surface area contributed by atoms with Gasteiger partial charge in [0.2, 0.25) is 10.0 Å². The molecule has 1 amide bonds. The third-order valence-corrected chi connectivity index (χ3v) is 11.3. The van der Waals surface area contributed by atoms with Crippen LogP contribution in [0.15, 0.2) is 30.3 Å². The number of rotatable bonds is 9. The van der Waals surface area contributed by atoms with Crippen LogP contribution in [-0.2, 0) is 16.6 Å². The van der Waals surface area contributed by atoms with E-state index in [2.05, 4.69) is 10.3 Å². The highest BCUT2D eigenvalue weighted by molar-refractivity contribution is 7.92. The summed E-state index contributed by atoms with van der Waals surface area (Å²) < 4.78 is 62.4. The lowest BCUT2D eigenvalue weighted by molar-refractivity contribution is 0.0602. The van der Waals surface area contributed by atoms with Crippen molar-refractivity contribution < 1.29 is 26.7 Å². The number of alkyl halides is 2. The van der Waals surface area contributed by atoms with Gasteiger partial charge in [0, 0.05) is 48.6 Å². The van der Waals surface area contributed by atoms with E-state index in [1.807, 2.05) is 32.1 Å².